The van der Waals surface area contributed by atoms with Gasteiger partial charge in [0.1, 0.15) is 11.5 Å². The Morgan fingerprint density at radius 2 is 1.55 bits per heavy atom. The third kappa shape index (κ3) is 5.45. The highest BCUT2D eigenvalue weighted by molar-refractivity contribution is 5.95. The third-order valence-electron chi connectivity index (χ3n) is 4.89. The first-order chi connectivity index (χ1) is 14.6. The van der Waals surface area contributed by atoms with Crippen LogP contribution in [0.5, 0.6) is 11.5 Å². The Bertz CT molecular complexity index is 986. The number of rotatable bonds is 6. The number of allylic oxidation sites excluding steroid dienone is 1. The average Bonchev–Trinajstić information content (AvgIpc) is 2.66. The number of esters is 1. The number of nitrogens with one attached hydrogen (secondary N) is 2. The predicted octanol–water partition coefficient (Wildman–Crippen LogP) is 5.31. The highest BCUT2D eigenvalue weighted by atomic mass is 16.5. The molecule has 0 saturated heterocycles. The molecule has 2 N–H and O–H groups in total. The van der Waals surface area contributed by atoms with Gasteiger partial charge in [0.05, 0.1) is 17.7 Å². The van der Waals surface area contributed by atoms with Gasteiger partial charge < -0.3 is 20.1 Å². The Labute approximate surface area is 183 Å². The molecular weight excluding hydrogens is 392 g/mol. The lowest BCUT2D eigenvalue weighted by Crippen LogP contribution is -2.47. The standard InChI is InChI=1S/C25H30N2O4/c1-14(2)22-21(24(28)30-15(3)4)23(27-25(29)26-22)18-7-9-19(10-8-18)31-20-12-16(5)11-17(6)13-20/h7-15,23H,1-6H3,(H2,26,27,29). The zero-order valence-electron chi connectivity index (χ0n) is 18.9. The molecule has 2 aromatic carbocycles. The molecule has 3 rings (SSSR count). The smallest absolute Gasteiger partial charge is 0.338 e. The van der Waals surface area contributed by atoms with Crippen LogP contribution in [0.3, 0.4) is 0 Å². The summed E-state index contributed by atoms with van der Waals surface area (Å²) in [6.07, 6.45) is -0.264. The average molecular weight is 423 g/mol. The summed E-state index contributed by atoms with van der Waals surface area (Å²) in [6.45, 7) is 11.5. The number of aryl methyl sites for hydroxylation is 2. The minimum Gasteiger partial charge on any atom is -0.459 e. The van der Waals surface area contributed by atoms with Gasteiger partial charge in [0, 0.05) is 5.70 Å². The zero-order chi connectivity index (χ0) is 22.7. The fourth-order valence-electron chi connectivity index (χ4n) is 3.65. The number of benzene rings is 2. The Morgan fingerprint density at radius 1 is 0.935 bits per heavy atom. The second-order valence-corrected chi connectivity index (χ2v) is 8.46. The second kappa shape index (κ2) is 9.25. The molecular formula is C25H30N2O4. The first-order valence-electron chi connectivity index (χ1n) is 10.5. The summed E-state index contributed by atoms with van der Waals surface area (Å²) in [5, 5.41) is 5.63. The van der Waals surface area contributed by atoms with Crippen LogP contribution in [0, 0.1) is 19.8 Å². The molecule has 0 spiro atoms. The Kier molecular flexibility index (Phi) is 6.68. The summed E-state index contributed by atoms with van der Waals surface area (Å²) >= 11 is 0. The molecule has 1 heterocycles. The Hall–Kier alpha value is -3.28. The molecule has 1 aliphatic rings. The summed E-state index contributed by atoms with van der Waals surface area (Å²) in [7, 11) is 0. The highest BCUT2D eigenvalue weighted by Crippen LogP contribution is 2.32. The van der Waals surface area contributed by atoms with Gasteiger partial charge in [0.25, 0.3) is 0 Å². The van der Waals surface area contributed by atoms with Gasteiger partial charge in [-0.05, 0) is 74.6 Å². The number of hydrogen-bond donors (Lipinski definition) is 2. The minimum absolute atomic E-state index is 0.0459. The van der Waals surface area contributed by atoms with Gasteiger partial charge in [0.2, 0.25) is 0 Å². The van der Waals surface area contributed by atoms with Crippen LogP contribution >= 0.6 is 0 Å². The molecule has 0 saturated carbocycles. The van der Waals surface area contributed by atoms with Crippen molar-refractivity contribution in [2.75, 3.05) is 0 Å². The van der Waals surface area contributed by atoms with Crippen molar-refractivity contribution in [3.63, 3.8) is 0 Å². The first-order valence-corrected chi connectivity index (χ1v) is 10.5. The number of carbonyl (C=O) groups excluding carboxylic acids is 2. The van der Waals surface area contributed by atoms with Gasteiger partial charge in [-0.2, -0.15) is 0 Å². The SMILES string of the molecule is Cc1cc(C)cc(Oc2ccc(C3NC(=O)NC(C(C)C)=C3C(=O)OC(C)C)cc2)c1. The van der Waals surface area contributed by atoms with E-state index < -0.39 is 12.0 Å². The normalized spacial score (nSPS) is 16.3. The Balaban J connectivity index is 1.92. The van der Waals surface area contributed by atoms with Crippen molar-refractivity contribution in [2.45, 2.75) is 53.7 Å². The summed E-state index contributed by atoms with van der Waals surface area (Å²) < 4.78 is 11.5. The lowest BCUT2D eigenvalue weighted by Gasteiger charge is -2.31. The molecule has 0 radical (unpaired) electrons. The van der Waals surface area contributed by atoms with Gasteiger partial charge in [-0.15, -0.1) is 0 Å². The molecule has 2 amide bonds. The van der Waals surface area contributed by atoms with Crippen LogP contribution in [0.2, 0.25) is 0 Å². The maximum absolute atomic E-state index is 12.9. The molecule has 164 valence electrons. The molecule has 31 heavy (non-hydrogen) atoms. The Morgan fingerprint density at radius 3 is 2.10 bits per heavy atom. The van der Waals surface area contributed by atoms with Crippen molar-refractivity contribution in [3.05, 3.63) is 70.4 Å². The van der Waals surface area contributed by atoms with Crippen LogP contribution in [0.25, 0.3) is 0 Å². The highest BCUT2D eigenvalue weighted by Gasteiger charge is 2.35. The topological polar surface area (TPSA) is 76.7 Å². The summed E-state index contributed by atoms with van der Waals surface area (Å²) in [5.74, 6) is 0.958. The van der Waals surface area contributed by atoms with Crippen LogP contribution in [-0.4, -0.2) is 18.1 Å². The van der Waals surface area contributed by atoms with E-state index in [1.54, 1.807) is 13.8 Å². The summed E-state index contributed by atoms with van der Waals surface area (Å²) in [6, 6.07) is 12.5. The third-order valence-corrected chi connectivity index (χ3v) is 4.89. The molecule has 1 aliphatic heterocycles. The van der Waals surface area contributed by atoms with E-state index in [0.29, 0.717) is 17.0 Å². The summed E-state index contributed by atoms with van der Waals surface area (Å²) in [4.78, 5) is 25.2. The van der Waals surface area contributed by atoms with Crippen molar-refractivity contribution >= 4 is 12.0 Å². The van der Waals surface area contributed by atoms with Crippen LogP contribution < -0.4 is 15.4 Å². The van der Waals surface area contributed by atoms with E-state index >= 15 is 0 Å². The minimum atomic E-state index is -0.604. The molecule has 0 aromatic heterocycles. The van der Waals surface area contributed by atoms with Crippen LogP contribution in [0.4, 0.5) is 4.79 Å². The summed E-state index contributed by atoms with van der Waals surface area (Å²) in [5.41, 5.74) is 4.03. The first kappa shape index (κ1) is 22.4. The molecule has 1 atom stereocenters. The predicted molar refractivity (Wildman–Crippen MR) is 120 cm³/mol. The van der Waals surface area contributed by atoms with E-state index in [4.69, 9.17) is 9.47 Å². The van der Waals surface area contributed by atoms with Gasteiger partial charge in [-0.1, -0.05) is 32.0 Å². The van der Waals surface area contributed by atoms with E-state index in [9.17, 15) is 9.59 Å². The van der Waals surface area contributed by atoms with Gasteiger partial charge in [0.15, 0.2) is 0 Å². The number of hydrogen-bond acceptors (Lipinski definition) is 4. The van der Waals surface area contributed by atoms with E-state index in [0.717, 1.165) is 22.4 Å². The van der Waals surface area contributed by atoms with E-state index in [1.807, 2.05) is 64.1 Å². The maximum atomic E-state index is 12.9. The monoisotopic (exact) mass is 422 g/mol. The number of urea groups is 1. The van der Waals surface area contributed by atoms with Crippen LogP contribution in [-0.2, 0) is 9.53 Å². The molecule has 6 heteroatoms. The molecule has 0 aliphatic carbocycles. The van der Waals surface area contributed by atoms with Crippen LogP contribution in [0.15, 0.2) is 53.7 Å². The van der Waals surface area contributed by atoms with Gasteiger partial charge in [-0.3, -0.25) is 0 Å². The quantitative estimate of drug-likeness (QED) is 0.619. The maximum Gasteiger partial charge on any atom is 0.338 e. The second-order valence-electron chi connectivity index (χ2n) is 8.46. The molecule has 1 unspecified atom stereocenters. The molecule has 0 bridgehead atoms. The molecule has 6 nitrogen and oxygen atoms in total. The van der Waals surface area contributed by atoms with Crippen molar-refractivity contribution < 1.29 is 19.1 Å². The van der Waals surface area contributed by atoms with Crippen molar-refractivity contribution in [2.24, 2.45) is 5.92 Å². The fraction of sp³-hybridized carbons (Fsp3) is 0.360. The van der Waals surface area contributed by atoms with Gasteiger partial charge in [-0.25, -0.2) is 9.59 Å². The number of amides is 2. The van der Waals surface area contributed by atoms with Crippen molar-refractivity contribution in [1.82, 2.24) is 10.6 Å². The number of ether oxygens (including phenoxy) is 2. The van der Waals surface area contributed by atoms with Gasteiger partial charge >= 0.3 is 12.0 Å². The van der Waals surface area contributed by atoms with Crippen LogP contribution in [0.1, 0.15) is 50.4 Å². The largest absolute Gasteiger partial charge is 0.459 e. The lowest BCUT2D eigenvalue weighted by molar-refractivity contribution is -0.143. The fourth-order valence-corrected chi connectivity index (χ4v) is 3.65. The van der Waals surface area contributed by atoms with Crippen molar-refractivity contribution in [1.29, 1.82) is 0 Å². The lowest BCUT2D eigenvalue weighted by atomic mass is 9.91. The molecule has 2 aromatic rings. The van der Waals surface area contributed by atoms with E-state index in [1.165, 1.54) is 0 Å². The van der Waals surface area contributed by atoms with Crippen molar-refractivity contribution in [3.8, 4) is 11.5 Å². The van der Waals surface area contributed by atoms with E-state index in [-0.39, 0.29) is 18.1 Å². The molecule has 0 fully saturated rings. The van der Waals surface area contributed by atoms with E-state index in [2.05, 4.69) is 16.7 Å². The number of carbonyl (C=O) groups is 2. The zero-order valence-corrected chi connectivity index (χ0v) is 18.9.